The van der Waals surface area contributed by atoms with E-state index in [0.717, 1.165) is 31.5 Å². The molecule has 2 aromatic rings. The van der Waals surface area contributed by atoms with Gasteiger partial charge in [-0.1, -0.05) is 19.9 Å². The molecular formula is C18H25N3O2. The van der Waals surface area contributed by atoms with Gasteiger partial charge in [0.05, 0.1) is 5.52 Å². The molecule has 1 aromatic carbocycles. The van der Waals surface area contributed by atoms with Gasteiger partial charge in [-0.3, -0.25) is 14.5 Å². The van der Waals surface area contributed by atoms with Gasteiger partial charge in [0.15, 0.2) is 5.43 Å². The molecule has 2 rings (SSSR count). The lowest BCUT2D eigenvalue weighted by Crippen LogP contribution is -2.31. The van der Waals surface area contributed by atoms with E-state index in [0.29, 0.717) is 23.0 Å². The zero-order valence-corrected chi connectivity index (χ0v) is 14.1. The van der Waals surface area contributed by atoms with E-state index in [1.165, 1.54) is 0 Å². The number of aromatic nitrogens is 1. The van der Waals surface area contributed by atoms with Gasteiger partial charge in [0.1, 0.15) is 5.69 Å². The maximum atomic E-state index is 12.9. The van der Waals surface area contributed by atoms with Crippen molar-refractivity contribution in [2.45, 2.75) is 40.2 Å². The normalized spacial score (nSPS) is 11.3. The van der Waals surface area contributed by atoms with Crippen LogP contribution < -0.4 is 11.2 Å². The molecule has 0 saturated heterocycles. The largest absolute Gasteiger partial charge is 0.364 e. The zero-order chi connectivity index (χ0) is 17.0. The van der Waals surface area contributed by atoms with Crippen molar-refractivity contribution in [3.8, 4) is 0 Å². The summed E-state index contributed by atoms with van der Waals surface area (Å²) in [6.07, 6.45) is 1.99. The molecule has 0 unspecified atom stereocenters. The van der Waals surface area contributed by atoms with Crippen LogP contribution in [0.3, 0.4) is 0 Å². The number of aromatic amines is 1. The minimum absolute atomic E-state index is 0.107. The van der Waals surface area contributed by atoms with Crippen LogP contribution in [0.2, 0.25) is 0 Å². The monoisotopic (exact) mass is 315 g/mol. The van der Waals surface area contributed by atoms with Crippen LogP contribution >= 0.6 is 0 Å². The smallest absolute Gasteiger partial charge is 0.265 e. The summed E-state index contributed by atoms with van der Waals surface area (Å²) in [6.45, 7) is 8.36. The van der Waals surface area contributed by atoms with Crippen molar-refractivity contribution < 1.29 is 4.79 Å². The Kier molecular flexibility index (Phi) is 5.55. The van der Waals surface area contributed by atoms with Crippen LogP contribution in [0.25, 0.3) is 10.9 Å². The third-order valence-electron chi connectivity index (χ3n) is 3.96. The molecule has 0 aliphatic heterocycles. The Morgan fingerprint density at radius 2 is 1.87 bits per heavy atom. The van der Waals surface area contributed by atoms with E-state index < -0.39 is 5.91 Å². The Balaban J connectivity index is 2.58. The van der Waals surface area contributed by atoms with Crippen molar-refractivity contribution in [3.05, 3.63) is 45.2 Å². The molecule has 1 aromatic heterocycles. The summed E-state index contributed by atoms with van der Waals surface area (Å²) in [4.78, 5) is 29.9. The fourth-order valence-corrected chi connectivity index (χ4v) is 2.93. The lowest BCUT2D eigenvalue weighted by atomic mass is 10.1. The number of aryl methyl sites for hydroxylation is 1. The van der Waals surface area contributed by atoms with Crippen LogP contribution in [-0.2, 0) is 6.54 Å². The SMILES string of the molecule is CCCN(CCC)Cc1c(C(N)=O)[nH]c2cc(C)ccc2c1=O. The summed E-state index contributed by atoms with van der Waals surface area (Å²) in [7, 11) is 0. The predicted octanol–water partition coefficient (Wildman–Crippen LogP) is 2.56. The molecule has 0 atom stereocenters. The quantitative estimate of drug-likeness (QED) is 0.824. The van der Waals surface area contributed by atoms with Crippen molar-refractivity contribution in [2.24, 2.45) is 5.73 Å². The number of pyridine rings is 1. The number of carbonyl (C=O) groups is 1. The molecule has 0 spiro atoms. The van der Waals surface area contributed by atoms with Gasteiger partial charge in [-0.25, -0.2) is 0 Å². The van der Waals surface area contributed by atoms with Gasteiger partial charge in [0.2, 0.25) is 0 Å². The molecule has 5 nitrogen and oxygen atoms in total. The fourth-order valence-electron chi connectivity index (χ4n) is 2.93. The molecule has 0 aliphatic rings. The molecule has 124 valence electrons. The Morgan fingerprint density at radius 1 is 1.22 bits per heavy atom. The lowest BCUT2D eigenvalue weighted by Gasteiger charge is -2.22. The van der Waals surface area contributed by atoms with Crippen LogP contribution in [0.1, 0.15) is 48.3 Å². The number of nitrogens with zero attached hydrogens (tertiary/aromatic N) is 1. The Labute approximate surface area is 136 Å². The molecular weight excluding hydrogens is 290 g/mol. The standard InChI is InChI=1S/C18H25N3O2/c1-4-8-21(9-5-2)11-14-16(18(19)23)20-15-10-12(3)6-7-13(15)17(14)22/h6-7,10H,4-5,8-9,11H2,1-3H3,(H2,19,23)(H,20,22). The molecule has 5 heteroatoms. The van der Waals surface area contributed by atoms with Crippen LogP contribution in [0.15, 0.2) is 23.0 Å². The Hall–Kier alpha value is -2.14. The molecule has 0 saturated carbocycles. The summed E-state index contributed by atoms with van der Waals surface area (Å²) in [5.41, 5.74) is 7.78. The predicted molar refractivity (Wildman–Crippen MR) is 93.7 cm³/mol. The highest BCUT2D eigenvalue weighted by Gasteiger charge is 2.18. The molecule has 0 bridgehead atoms. The third-order valence-corrected chi connectivity index (χ3v) is 3.96. The minimum atomic E-state index is -0.589. The summed E-state index contributed by atoms with van der Waals surface area (Å²) in [5, 5.41) is 0.601. The van der Waals surface area contributed by atoms with Crippen LogP contribution in [0, 0.1) is 6.92 Å². The second-order valence-corrected chi connectivity index (χ2v) is 6.00. The van der Waals surface area contributed by atoms with Crippen molar-refractivity contribution in [2.75, 3.05) is 13.1 Å². The van der Waals surface area contributed by atoms with Crippen molar-refractivity contribution in [1.29, 1.82) is 0 Å². The number of nitrogens with two attached hydrogens (primary N) is 1. The summed E-state index contributed by atoms with van der Waals surface area (Å²) in [6, 6.07) is 5.58. The second kappa shape index (κ2) is 7.42. The third kappa shape index (κ3) is 3.79. The van der Waals surface area contributed by atoms with Crippen LogP contribution in [-0.4, -0.2) is 28.9 Å². The van der Waals surface area contributed by atoms with Gasteiger partial charge in [0.25, 0.3) is 5.91 Å². The Morgan fingerprint density at radius 3 is 2.43 bits per heavy atom. The van der Waals surface area contributed by atoms with Gasteiger partial charge < -0.3 is 10.7 Å². The van der Waals surface area contributed by atoms with Crippen molar-refractivity contribution in [3.63, 3.8) is 0 Å². The number of amides is 1. The van der Waals surface area contributed by atoms with Gasteiger partial charge in [-0.05, 0) is 50.6 Å². The minimum Gasteiger partial charge on any atom is -0.364 e. The van der Waals surface area contributed by atoms with E-state index in [9.17, 15) is 9.59 Å². The molecule has 0 aliphatic carbocycles. The number of benzene rings is 1. The summed E-state index contributed by atoms with van der Waals surface area (Å²) >= 11 is 0. The molecule has 0 fully saturated rings. The van der Waals surface area contributed by atoms with E-state index in [1.807, 2.05) is 25.1 Å². The number of carbonyl (C=O) groups excluding carboxylic acids is 1. The maximum absolute atomic E-state index is 12.9. The number of rotatable bonds is 7. The fraction of sp³-hybridized carbons (Fsp3) is 0.444. The van der Waals surface area contributed by atoms with Gasteiger partial charge in [0, 0.05) is 17.5 Å². The number of fused-ring (bicyclic) bond motifs is 1. The number of primary amides is 1. The average Bonchev–Trinajstić information content (AvgIpc) is 2.49. The zero-order valence-electron chi connectivity index (χ0n) is 14.1. The van der Waals surface area contributed by atoms with Crippen LogP contribution in [0.4, 0.5) is 0 Å². The first kappa shape index (κ1) is 17.2. The van der Waals surface area contributed by atoms with E-state index in [1.54, 1.807) is 0 Å². The second-order valence-electron chi connectivity index (χ2n) is 6.00. The first-order chi connectivity index (χ1) is 11.0. The topological polar surface area (TPSA) is 79.2 Å². The first-order valence-corrected chi connectivity index (χ1v) is 8.15. The van der Waals surface area contributed by atoms with E-state index in [-0.39, 0.29) is 11.1 Å². The highest BCUT2D eigenvalue weighted by molar-refractivity contribution is 5.95. The Bertz CT molecular complexity index is 759. The van der Waals surface area contributed by atoms with Crippen molar-refractivity contribution in [1.82, 2.24) is 9.88 Å². The number of hydrogen-bond donors (Lipinski definition) is 2. The molecule has 23 heavy (non-hydrogen) atoms. The number of nitrogens with one attached hydrogen (secondary N) is 1. The number of hydrogen-bond acceptors (Lipinski definition) is 3. The molecule has 1 amide bonds. The van der Waals surface area contributed by atoms with E-state index in [4.69, 9.17) is 5.73 Å². The van der Waals surface area contributed by atoms with E-state index in [2.05, 4.69) is 23.7 Å². The van der Waals surface area contributed by atoms with Crippen molar-refractivity contribution >= 4 is 16.8 Å². The summed E-state index contributed by atoms with van der Waals surface area (Å²) < 4.78 is 0. The average molecular weight is 315 g/mol. The maximum Gasteiger partial charge on any atom is 0.265 e. The van der Waals surface area contributed by atoms with Gasteiger partial charge >= 0.3 is 0 Å². The van der Waals surface area contributed by atoms with Gasteiger partial charge in [-0.2, -0.15) is 0 Å². The molecule has 3 N–H and O–H groups in total. The van der Waals surface area contributed by atoms with E-state index >= 15 is 0 Å². The summed E-state index contributed by atoms with van der Waals surface area (Å²) in [5.74, 6) is -0.589. The highest BCUT2D eigenvalue weighted by atomic mass is 16.1. The first-order valence-electron chi connectivity index (χ1n) is 8.15. The molecule has 0 radical (unpaired) electrons. The van der Waals surface area contributed by atoms with Crippen LogP contribution in [0.5, 0.6) is 0 Å². The number of H-pyrrole nitrogens is 1. The van der Waals surface area contributed by atoms with Gasteiger partial charge in [-0.15, -0.1) is 0 Å². The molecule has 1 heterocycles. The lowest BCUT2D eigenvalue weighted by molar-refractivity contribution is 0.0993. The highest BCUT2D eigenvalue weighted by Crippen LogP contribution is 2.15.